The minimum Gasteiger partial charge on any atom is -0.493 e. The van der Waals surface area contributed by atoms with Gasteiger partial charge in [-0.25, -0.2) is 5.01 Å². The Morgan fingerprint density at radius 1 is 0.892 bits per heavy atom. The number of rotatable bonds is 6. The van der Waals surface area contributed by atoms with Crippen LogP contribution in [0.2, 0.25) is 0 Å². The van der Waals surface area contributed by atoms with E-state index in [2.05, 4.69) is 0 Å². The minimum absolute atomic E-state index is 0.00426. The monoisotopic (exact) mass is 506 g/mol. The summed E-state index contributed by atoms with van der Waals surface area (Å²) in [4.78, 5) is 35.5. The molecule has 1 aliphatic carbocycles. The summed E-state index contributed by atoms with van der Waals surface area (Å²) in [6.45, 7) is 4.17. The molecule has 37 heavy (non-hydrogen) atoms. The number of hydrogen-bond acceptors (Lipinski definition) is 8. The van der Waals surface area contributed by atoms with E-state index in [1.165, 1.54) is 40.0 Å². The van der Waals surface area contributed by atoms with Crippen molar-refractivity contribution in [2.24, 2.45) is 11.0 Å². The van der Waals surface area contributed by atoms with E-state index >= 15 is 0 Å². The van der Waals surface area contributed by atoms with Crippen LogP contribution < -0.4 is 18.9 Å². The highest BCUT2D eigenvalue weighted by Gasteiger charge is 2.43. The van der Waals surface area contributed by atoms with Crippen LogP contribution in [0.3, 0.4) is 0 Å². The van der Waals surface area contributed by atoms with Gasteiger partial charge >= 0.3 is 11.9 Å². The van der Waals surface area contributed by atoms with Crippen molar-refractivity contribution in [3.8, 4) is 23.0 Å². The van der Waals surface area contributed by atoms with Gasteiger partial charge in [-0.15, -0.1) is 0 Å². The van der Waals surface area contributed by atoms with E-state index in [1.54, 1.807) is 18.2 Å². The number of esters is 2. The van der Waals surface area contributed by atoms with Gasteiger partial charge in [-0.2, -0.15) is 5.10 Å². The average Bonchev–Trinajstić information content (AvgIpc) is 3.25. The number of ether oxygens (including phenoxy) is 4. The third kappa shape index (κ3) is 5.50. The first-order chi connectivity index (χ1) is 17.7. The predicted molar refractivity (Wildman–Crippen MR) is 137 cm³/mol. The van der Waals surface area contributed by atoms with Gasteiger partial charge in [0.2, 0.25) is 5.91 Å². The van der Waals surface area contributed by atoms with Gasteiger partial charge in [0.25, 0.3) is 0 Å². The summed E-state index contributed by atoms with van der Waals surface area (Å²) in [6, 6.07) is 10.4. The molecule has 0 saturated heterocycles. The Bertz CT molecular complexity index is 1300. The molecule has 4 rings (SSSR count). The molecule has 1 fully saturated rings. The van der Waals surface area contributed by atoms with Crippen molar-refractivity contribution in [3.63, 3.8) is 0 Å². The van der Waals surface area contributed by atoms with Crippen LogP contribution in [0.25, 0.3) is 6.08 Å². The first-order valence-electron chi connectivity index (χ1n) is 12.0. The lowest BCUT2D eigenvalue weighted by atomic mass is 9.77. The van der Waals surface area contributed by atoms with E-state index in [0.717, 1.165) is 41.7 Å². The molecular weight excluding hydrogens is 476 g/mol. The molecule has 0 N–H and O–H groups in total. The van der Waals surface area contributed by atoms with E-state index in [1.807, 2.05) is 24.3 Å². The largest absolute Gasteiger partial charge is 0.493 e. The van der Waals surface area contributed by atoms with E-state index in [-0.39, 0.29) is 17.9 Å². The number of methoxy groups -OCH3 is 2. The van der Waals surface area contributed by atoms with Crippen molar-refractivity contribution >= 4 is 29.6 Å². The van der Waals surface area contributed by atoms with Gasteiger partial charge in [-0.1, -0.05) is 12.1 Å². The fourth-order valence-corrected chi connectivity index (χ4v) is 4.92. The molecule has 1 heterocycles. The smallest absolute Gasteiger partial charge is 0.308 e. The lowest BCUT2D eigenvalue weighted by molar-refractivity contribution is -0.132. The van der Waals surface area contributed by atoms with Gasteiger partial charge in [-0.05, 0) is 66.3 Å². The first kappa shape index (κ1) is 25.9. The summed E-state index contributed by atoms with van der Waals surface area (Å²) in [6.07, 6.45) is 4.66. The zero-order chi connectivity index (χ0) is 26.7. The Labute approximate surface area is 215 Å². The predicted octanol–water partition coefficient (Wildman–Crippen LogP) is 4.70. The van der Waals surface area contributed by atoms with Gasteiger partial charge < -0.3 is 18.9 Å². The number of hydrogen-bond donors (Lipinski definition) is 0. The molecule has 0 bridgehead atoms. The molecule has 0 spiro atoms. The number of nitrogens with zero attached hydrogens (tertiary/aromatic N) is 2. The van der Waals surface area contributed by atoms with Crippen molar-refractivity contribution in [3.05, 3.63) is 53.1 Å². The number of carbonyl (C=O) groups excluding carboxylic acids is 3. The molecule has 194 valence electrons. The molecule has 1 amide bonds. The third-order valence-corrected chi connectivity index (χ3v) is 6.39. The van der Waals surface area contributed by atoms with Gasteiger partial charge in [0, 0.05) is 26.7 Å². The van der Waals surface area contributed by atoms with Gasteiger partial charge in [0.05, 0.1) is 26.0 Å². The Kier molecular flexibility index (Phi) is 7.61. The number of amides is 1. The second kappa shape index (κ2) is 10.9. The summed E-state index contributed by atoms with van der Waals surface area (Å²) < 4.78 is 21.3. The quantitative estimate of drug-likeness (QED) is 0.413. The van der Waals surface area contributed by atoms with Crippen molar-refractivity contribution in [1.82, 2.24) is 5.01 Å². The maximum absolute atomic E-state index is 12.7. The maximum atomic E-state index is 12.7. The van der Waals surface area contributed by atoms with Crippen molar-refractivity contribution in [2.75, 3.05) is 14.2 Å². The number of carbonyl (C=O) groups is 3. The van der Waals surface area contributed by atoms with Gasteiger partial charge in [0.1, 0.15) is 0 Å². The van der Waals surface area contributed by atoms with Crippen molar-refractivity contribution in [1.29, 1.82) is 0 Å². The molecule has 9 heteroatoms. The lowest BCUT2D eigenvalue weighted by Crippen LogP contribution is -2.30. The Balaban J connectivity index is 1.69. The highest BCUT2D eigenvalue weighted by molar-refractivity contribution is 6.08. The fraction of sp³-hybridized carbons (Fsp3) is 0.357. The highest BCUT2D eigenvalue weighted by Crippen LogP contribution is 2.46. The molecule has 1 aliphatic heterocycles. The zero-order valence-corrected chi connectivity index (χ0v) is 21.6. The molecule has 2 aromatic rings. The van der Waals surface area contributed by atoms with Crippen molar-refractivity contribution in [2.45, 2.75) is 46.1 Å². The normalized spacial score (nSPS) is 19.6. The lowest BCUT2D eigenvalue weighted by Gasteiger charge is -2.29. The minimum atomic E-state index is -0.442. The Morgan fingerprint density at radius 2 is 1.51 bits per heavy atom. The van der Waals surface area contributed by atoms with Crippen molar-refractivity contribution < 1.29 is 33.3 Å². The molecule has 9 nitrogen and oxygen atoms in total. The molecule has 2 atom stereocenters. The highest BCUT2D eigenvalue weighted by atomic mass is 16.6. The second-order valence-corrected chi connectivity index (χ2v) is 8.97. The van der Waals surface area contributed by atoms with Crippen LogP contribution in [0.15, 0.2) is 47.1 Å². The summed E-state index contributed by atoms with van der Waals surface area (Å²) in [7, 11) is 3.03. The van der Waals surface area contributed by atoms with E-state index in [9.17, 15) is 14.4 Å². The maximum Gasteiger partial charge on any atom is 0.308 e. The molecule has 2 unspecified atom stereocenters. The molecule has 2 aromatic carbocycles. The Hall–Kier alpha value is -4.14. The van der Waals surface area contributed by atoms with E-state index in [0.29, 0.717) is 23.0 Å². The second-order valence-electron chi connectivity index (χ2n) is 8.97. The topological polar surface area (TPSA) is 104 Å². The average molecular weight is 507 g/mol. The van der Waals surface area contributed by atoms with Crippen LogP contribution in [0.5, 0.6) is 23.0 Å². The molecular formula is C28H30N2O7. The first-order valence-corrected chi connectivity index (χ1v) is 12.0. The number of hydrazone groups is 1. The number of benzene rings is 2. The van der Waals surface area contributed by atoms with Crippen LogP contribution in [-0.2, 0) is 14.4 Å². The van der Waals surface area contributed by atoms with Crippen LogP contribution in [0, 0.1) is 5.92 Å². The summed E-state index contributed by atoms with van der Waals surface area (Å²) in [5, 5.41) is 6.31. The number of allylic oxidation sites excluding steroid dienone is 1. The van der Waals surface area contributed by atoms with E-state index < -0.39 is 11.9 Å². The van der Waals surface area contributed by atoms with Gasteiger partial charge in [-0.3, -0.25) is 14.4 Å². The fourth-order valence-electron chi connectivity index (χ4n) is 4.92. The summed E-state index contributed by atoms with van der Waals surface area (Å²) in [5.41, 5.74) is 3.63. The van der Waals surface area contributed by atoms with Crippen LogP contribution in [0.1, 0.15) is 57.2 Å². The summed E-state index contributed by atoms with van der Waals surface area (Å²) >= 11 is 0. The summed E-state index contributed by atoms with van der Waals surface area (Å²) in [5.74, 6) is 0.505. The van der Waals surface area contributed by atoms with Gasteiger partial charge in [0.15, 0.2) is 23.0 Å². The number of fused-ring (bicyclic) bond motifs is 1. The van der Waals surface area contributed by atoms with Crippen LogP contribution in [-0.4, -0.2) is 42.8 Å². The third-order valence-electron chi connectivity index (χ3n) is 6.39. The SMILES string of the molecule is COc1cc(/C=C2\CCCC3C2=NN(C(C)=O)C3c2ccc(OC(C)=O)c(OC)c2)ccc1OC(C)=O. The van der Waals surface area contributed by atoms with Crippen LogP contribution >= 0.6 is 0 Å². The Morgan fingerprint density at radius 3 is 2.11 bits per heavy atom. The molecule has 0 aromatic heterocycles. The standard InChI is InChI=1S/C28H30N2O7/c1-16(31)30-28(21-10-12-24(37-18(3)33)26(15-21)35-5)22-8-6-7-20(27(22)29-30)13-19-9-11-23(36-17(2)32)25(14-19)34-4/h9-15,22,28H,6-8H2,1-5H3/b20-13+. The molecule has 2 aliphatic rings. The van der Waals surface area contributed by atoms with E-state index in [4.69, 9.17) is 24.0 Å². The zero-order valence-electron chi connectivity index (χ0n) is 21.6. The molecule has 0 radical (unpaired) electrons. The van der Waals surface area contributed by atoms with Crippen LogP contribution in [0.4, 0.5) is 0 Å². The molecule has 1 saturated carbocycles.